The van der Waals surface area contributed by atoms with Crippen LogP contribution in [0.5, 0.6) is 0 Å². The van der Waals surface area contributed by atoms with E-state index in [1.165, 1.54) is 0 Å². The van der Waals surface area contributed by atoms with E-state index in [2.05, 4.69) is 5.32 Å². The number of carbonyl (C=O) groups is 1. The fourth-order valence-electron chi connectivity index (χ4n) is 2.30. The third-order valence-corrected chi connectivity index (χ3v) is 3.16. The normalized spacial score (nSPS) is 24.5. The third-order valence-electron chi connectivity index (χ3n) is 3.16. The van der Waals surface area contributed by atoms with Crippen LogP contribution in [0, 0.1) is 0 Å². The first kappa shape index (κ1) is 12.1. The number of hydrogen-bond acceptors (Lipinski definition) is 3. The van der Waals surface area contributed by atoms with Gasteiger partial charge in [0.15, 0.2) is 0 Å². The van der Waals surface area contributed by atoms with Crippen LogP contribution in [0.3, 0.4) is 0 Å². The minimum Gasteiger partial charge on any atom is -0.478 e. The van der Waals surface area contributed by atoms with Crippen molar-refractivity contribution in [1.82, 2.24) is 5.32 Å². The Hall–Kier alpha value is -1.39. The maximum absolute atomic E-state index is 10.9. The topological polar surface area (TPSA) is 69.6 Å². The standard InChI is InChI=1S/C13H17NO3/c15-12(16)11-4-1-3-10(7-11)8-13(17)5-2-6-14-9-13/h1,3-4,7,14,17H,2,5-6,8-9H2,(H,15,16). The van der Waals surface area contributed by atoms with Crippen LogP contribution in [0.25, 0.3) is 0 Å². The van der Waals surface area contributed by atoms with Crippen molar-refractivity contribution in [1.29, 1.82) is 0 Å². The lowest BCUT2D eigenvalue weighted by atomic mass is 9.87. The van der Waals surface area contributed by atoms with Gasteiger partial charge in [-0.25, -0.2) is 4.79 Å². The van der Waals surface area contributed by atoms with Gasteiger partial charge in [0.05, 0.1) is 11.2 Å². The van der Waals surface area contributed by atoms with E-state index in [0.717, 1.165) is 24.9 Å². The Bertz CT molecular complexity index is 411. The van der Waals surface area contributed by atoms with Crippen molar-refractivity contribution >= 4 is 5.97 Å². The number of aromatic carboxylic acids is 1. The van der Waals surface area contributed by atoms with Crippen molar-refractivity contribution in [2.24, 2.45) is 0 Å². The summed E-state index contributed by atoms with van der Waals surface area (Å²) in [6.07, 6.45) is 2.22. The average Bonchev–Trinajstić information content (AvgIpc) is 2.29. The van der Waals surface area contributed by atoms with Crippen LogP contribution in [0.4, 0.5) is 0 Å². The largest absolute Gasteiger partial charge is 0.478 e. The van der Waals surface area contributed by atoms with E-state index in [4.69, 9.17) is 5.11 Å². The van der Waals surface area contributed by atoms with E-state index in [-0.39, 0.29) is 5.56 Å². The van der Waals surface area contributed by atoms with Crippen LogP contribution < -0.4 is 5.32 Å². The number of nitrogens with one attached hydrogen (secondary N) is 1. The molecule has 0 aromatic heterocycles. The highest BCUT2D eigenvalue weighted by molar-refractivity contribution is 5.87. The maximum atomic E-state index is 10.9. The Morgan fingerprint density at radius 3 is 2.94 bits per heavy atom. The van der Waals surface area contributed by atoms with E-state index in [1.54, 1.807) is 18.2 Å². The summed E-state index contributed by atoms with van der Waals surface area (Å²) in [5, 5.41) is 22.4. The molecule has 0 radical (unpaired) electrons. The monoisotopic (exact) mass is 235 g/mol. The first-order valence-electron chi connectivity index (χ1n) is 5.84. The first-order chi connectivity index (χ1) is 8.09. The van der Waals surface area contributed by atoms with E-state index >= 15 is 0 Å². The van der Waals surface area contributed by atoms with E-state index in [0.29, 0.717) is 13.0 Å². The fourth-order valence-corrected chi connectivity index (χ4v) is 2.30. The molecule has 1 saturated heterocycles. The summed E-state index contributed by atoms with van der Waals surface area (Å²) in [6, 6.07) is 6.78. The average molecular weight is 235 g/mol. The van der Waals surface area contributed by atoms with Gasteiger partial charge in [0.1, 0.15) is 0 Å². The molecule has 1 unspecified atom stereocenters. The quantitative estimate of drug-likeness (QED) is 0.732. The Morgan fingerprint density at radius 2 is 2.29 bits per heavy atom. The molecule has 0 bridgehead atoms. The van der Waals surface area contributed by atoms with Gasteiger partial charge in [-0.2, -0.15) is 0 Å². The number of β-amino-alcohol motifs (C(OH)–C–C–N with tert-alkyl or cyclic N) is 1. The zero-order valence-electron chi connectivity index (χ0n) is 9.65. The molecule has 1 aliphatic rings. The molecule has 1 heterocycles. The number of hydrogen-bond donors (Lipinski definition) is 3. The summed E-state index contributed by atoms with van der Waals surface area (Å²) in [5.74, 6) is -0.930. The minimum absolute atomic E-state index is 0.273. The smallest absolute Gasteiger partial charge is 0.335 e. The highest BCUT2D eigenvalue weighted by Gasteiger charge is 2.29. The van der Waals surface area contributed by atoms with Crippen LogP contribution >= 0.6 is 0 Å². The molecule has 1 aromatic carbocycles. The summed E-state index contributed by atoms with van der Waals surface area (Å²) >= 11 is 0. The van der Waals surface area contributed by atoms with E-state index in [1.807, 2.05) is 6.07 Å². The third kappa shape index (κ3) is 3.05. The van der Waals surface area contributed by atoms with Gasteiger partial charge in [-0.05, 0) is 37.1 Å². The second-order valence-electron chi connectivity index (χ2n) is 4.69. The van der Waals surface area contributed by atoms with Gasteiger partial charge in [0.25, 0.3) is 0 Å². The first-order valence-corrected chi connectivity index (χ1v) is 5.84. The van der Waals surface area contributed by atoms with Crippen LogP contribution in [0.2, 0.25) is 0 Å². The fraction of sp³-hybridized carbons (Fsp3) is 0.462. The summed E-state index contributed by atoms with van der Waals surface area (Å²) < 4.78 is 0. The lowest BCUT2D eigenvalue weighted by Gasteiger charge is -2.32. The number of carboxylic acid groups (broad SMARTS) is 1. The predicted octanol–water partition coefficient (Wildman–Crippen LogP) is 1.04. The van der Waals surface area contributed by atoms with Crippen LogP contribution in [0.1, 0.15) is 28.8 Å². The molecular weight excluding hydrogens is 218 g/mol. The van der Waals surface area contributed by atoms with Crippen molar-refractivity contribution in [3.8, 4) is 0 Å². The Balaban J connectivity index is 2.12. The second-order valence-corrected chi connectivity index (χ2v) is 4.69. The van der Waals surface area contributed by atoms with Gasteiger partial charge < -0.3 is 15.5 Å². The zero-order chi connectivity index (χ0) is 12.3. The molecule has 2 rings (SSSR count). The molecule has 4 heteroatoms. The zero-order valence-corrected chi connectivity index (χ0v) is 9.65. The van der Waals surface area contributed by atoms with Gasteiger partial charge in [-0.3, -0.25) is 0 Å². The molecule has 0 spiro atoms. The van der Waals surface area contributed by atoms with Gasteiger partial charge in [-0.15, -0.1) is 0 Å². The lowest BCUT2D eigenvalue weighted by molar-refractivity contribution is 0.0169. The molecule has 3 N–H and O–H groups in total. The van der Waals surface area contributed by atoms with Crippen molar-refractivity contribution in [2.75, 3.05) is 13.1 Å². The molecule has 1 atom stereocenters. The molecule has 4 nitrogen and oxygen atoms in total. The Morgan fingerprint density at radius 1 is 1.47 bits per heavy atom. The minimum atomic E-state index is -0.930. The summed E-state index contributed by atoms with van der Waals surface area (Å²) in [5.41, 5.74) is 0.404. The van der Waals surface area contributed by atoms with Gasteiger partial charge in [0.2, 0.25) is 0 Å². The number of benzene rings is 1. The molecule has 0 amide bonds. The molecule has 0 aliphatic carbocycles. The van der Waals surface area contributed by atoms with Gasteiger partial charge >= 0.3 is 5.97 Å². The summed E-state index contributed by atoms with van der Waals surface area (Å²) in [6.45, 7) is 1.52. The highest BCUT2D eigenvalue weighted by atomic mass is 16.4. The second kappa shape index (κ2) is 4.85. The van der Waals surface area contributed by atoms with E-state index < -0.39 is 11.6 Å². The van der Waals surface area contributed by atoms with Crippen LogP contribution in [-0.2, 0) is 6.42 Å². The molecule has 1 aliphatic heterocycles. The summed E-state index contributed by atoms with van der Waals surface area (Å²) in [7, 11) is 0. The van der Waals surface area contributed by atoms with Crippen molar-refractivity contribution < 1.29 is 15.0 Å². The predicted molar refractivity (Wildman–Crippen MR) is 64.2 cm³/mol. The van der Waals surface area contributed by atoms with Crippen LogP contribution in [-0.4, -0.2) is 34.9 Å². The molecule has 1 aromatic rings. The molecule has 0 saturated carbocycles. The van der Waals surface area contributed by atoms with Gasteiger partial charge in [-0.1, -0.05) is 12.1 Å². The van der Waals surface area contributed by atoms with Crippen LogP contribution in [0.15, 0.2) is 24.3 Å². The van der Waals surface area contributed by atoms with Crippen molar-refractivity contribution in [3.05, 3.63) is 35.4 Å². The van der Waals surface area contributed by atoms with Gasteiger partial charge in [0, 0.05) is 13.0 Å². The number of aliphatic hydroxyl groups is 1. The summed E-state index contributed by atoms with van der Waals surface area (Å²) in [4.78, 5) is 10.9. The molecule has 92 valence electrons. The lowest BCUT2D eigenvalue weighted by Crippen LogP contribution is -2.47. The molecular formula is C13H17NO3. The molecule has 1 fully saturated rings. The Labute approximate surface area is 100 Å². The maximum Gasteiger partial charge on any atom is 0.335 e. The SMILES string of the molecule is O=C(O)c1cccc(CC2(O)CCCNC2)c1. The Kier molecular flexibility index (Phi) is 3.45. The molecule has 17 heavy (non-hydrogen) atoms. The number of piperidine rings is 1. The van der Waals surface area contributed by atoms with E-state index in [9.17, 15) is 9.90 Å². The highest BCUT2D eigenvalue weighted by Crippen LogP contribution is 2.21. The number of carboxylic acids is 1. The number of rotatable bonds is 3. The van der Waals surface area contributed by atoms with Crippen molar-refractivity contribution in [3.63, 3.8) is 0 Å². The van der Waals surface area contributed by atoms with Crippen molar-refractivity contribution in [2.45, 2.75) is 24.9 Å².